The Morgan fingerprint density at radius 2 is 1.95 bits per heavy atom. The molecule has 0 spiro atoms. The molecule has 3 N–H and O–H groups in total. The van der Waals surface area contributed by atoms with Gasteiger partial charge in [-0.2, -0.15) is 0 Å². The number of carbonyl (C=O) groups is 1. The maximum atomic E-state index is 13.0. The largest absolute Gasteiger partial charge is 0.385 e. The van der Waals surface area contributed by atoms with Crippen molar-refractivity contribution in [3.8, 4) is 0 Å². The molecule has 0 aromatic heterocycles. The van der Waals surface area contributed by atoms with Gasteiger partial charge in [-0.05, 0) is 41.5 Å². The van der Waals surface area contributed by atoms with Gasteiger partial charge in [0.05, 0.1) is 0 Å². The summed E-state index contributed by atoms with van der Waals surface area (Å²) in [6, 6.07) is 10.4. The molecule has 2 aromatic rings. The molecule has 0 aliphatic heterocycles. The van der Waals surface area contributed by atoms with Crippen LogP contribution in [0.1, 0.15) is 13.3 Å². The van der Waals surface area contributed by atoms with Crippen LogP contribution in [-0.4, -0.2) is 12.5 Å². The normalized spacial score (nSPS) is 12.3. The highest BCUT2D eigenvalue weighted by Gasteiger charge is 2.07. The molecule has 100 valence electrons. The van der Waals surface area contributed by atoms with E-state index in [-0.39, 0.29) is 17.6 Å². The Balaban J connectivity index is 2.02. The molecule has 2 aromatic carbocycles. The van der Waals surface area contributed by atoms with Crippen LogP contribution in [0.4, 0.5) is 10.1 Å². The third-order valence-electron chi connectivity index (χ3n) is 3.19. The van der Waals surface area contributed by atoms with Crippen LogP contribution in [0.15, 0.2) is 36.4 Å². The van der Waals surface area contributed by atoms with E-state index in [2.05, 4.69) is 5.32 Å². The molecule has 3 nitrogen and oxygen atoms in total. The first-order chi connectivity index (χ1) is 9.06. The van der Waals surface area contributed by atoms with Gasteiger partial charge in [0.15, 0.2) is 0 Å². The Kier molecular flexibility index (Phi) is 4.00. The molecule has 0 saturated carbocycles. The zero-order valence-corrected chi connectivity index (χ0v) is 10.8. The third kappa shape index (κ3) is 3.44. The van der Waals surface area contributed by atoms with Gasteiger partial charge in [-0.15, -0.1) is 0 Å². The number of fused-ring (bicyclic) bond motifs is 1. The molecule has 0 aliphatic carbocycles. The lowest BCUT2D eigenvalue weighted by Gasteiger charge is -2.10. The number of hydrogen-bond donors (Lipinski definition) is 2. The van der Waals surface area contributed by atoms with Crippen LogP contribution < -0.4 is 11.1 Å². The molecule has 0 fully saturated rings. The third-order valence-corrected chi connectivity index (χ3v) is 3.19. The molecule has 19 heavy (non-hydrogen) atoms. The highest BCUT2D eigenvalue weighted by atomic mass is 19.1. The maximum Gasteiger partial charge on any atom is 0.220 e. The van der Waals surface area contributed by atoms with Gasteiger partial charge in [-0.3, -0.25) is 4.79 Å². The molecule has 1 amide bonds. The van der Waals surface area contributed by atoms with Crippen molar-refractivity contribution in [2.75, 3.05) is 11.9 Å². The van der Waals surface area contributed by atoms with E-state index < -0.39 is 0 Å². The SMILES string of the molecule is CC(CCNc1ccc2cc(F)ccc2c1)C(N)=O. The average Bonchev–Trinajstić information content (AvgIpc) is 2.38. The molecule has 0 radical (unpaired) electrons. The van der Waals surface area contributed by atoms with Crippen molar-refractivity contribution in [3.05, 3.63) is 42.2 Å². The first-order valence-corrected chi connectivity index (χ1v) is 6.29. The minimum Gasteiger partial charge on any atom is -0.385 e. The second kappa shape index (κ2) is 5.69. The van der Waals surface area contributed by atoms with Crippen LogP contribution in [0.5, 0.6) is 0 Å². The molecule has 0 saturated heterocycles. The summed E-state index contributed by atoms with van der Waals surface area (Å²) in [7, 11) is 0. The molecule has 0 bridgehead atoms. The monoisotopic (exact) mass is 260 g/mol. The molecule has 4 heteroatoms. The van der Waals surface area contributed by atoms with Crippen LogP contribution >= 0.6 is 0 Å². The van der Waals surface area contributed by atoms with Crippen LogP contribution in [-0.2, 0) is 4.79 Å². The molecular weight excluding hydrogens is 243 g/mol. The fourth-order valence-corrected chi connectivity index (χ4v) is 1.90. The van der Waals surface area contributed by atoms with Crippen LogP contribution in [0.3, 0.4) is 0 Å². The lowest BCUT2D eigenvalue weighted by molar-refractivity contribution is -0.121. The van der Waals surface area contributed by atoms with Crippen LogP contribution in [0.25, 0.3) is 10.8 Å². The first-order valence-electron chi connectivity index (χ1n) is 6.29. The van der Waals surface area contributed by atoms with Gasteiger partial charge in [-0.25, -0.2) is 4.39 Å². The predicted molar refractivity (Wildman–Crippen MR) is 75.4 cm³/mol. The summed E-state index contributed by atoms with van der Waals surface area (Å²) in [5.74, 6) is -0.652. The Hall–Kier alpha value is -2.10. The zero-order chi connectivity index (χ0) is 13.8. The van der Waals surface area contributed by atoms with Crippen molar-refractivity contribution in [2.24, 2.45) is 11.7 Å². The summed E-state index contributed by atoms with van der Waals surface area (Å²) >= 11 is 0. The maximum absolute atomic E-state index is 13.0. The van der Waals surface area contributed by atoms with Gasteiger partial charge in [0, 0.05) is 18.2 Å². The van der Waals surface area contributed by atoms with Gasteiger partial charge in [0.1, 0.15) is 5.82 Å². The fourth-order valence-electron chi connectivity index (χ4n) is 1.90. The van der Waals surface area contributed by atoms with Gasteiger partial charge in [0.25, 0.3) is 0 Å². The van der Waals surface area contributed by atoms with E-state index in [1.807, 2.05) is 25.1 Å². The number of primary amides is 1. The van der Waals surface area contributed by atoms with Gasteiger partial charge in [-0.1, -0.05) is 19.1 Å². The van der Waals surface area contributed by atoms with Crippen LogP contribution in [0, 0.1) is 11.7 Å². The van der Waals surface area contributed by atoms with Crippen molar-refractivity contribution < 1.29 is 9.18 Å². The Labute approximate surface area is 111 Å². The second-order valence-corrected chi connectivity index (χ2v) is 4.73. The summed E-state index contributed by atoms with van der Waals surface area (Å²) in [5, 5.41) is 5.09. The summed E-state index contributed by atoms with van der Waals surface area (Å²) in [6.45, 7) is 2.49. The molecule has 0 heterocycles. The summed E-state index contributed by atoms with van der Waals surface area (Å²) in [5.41, 5.74) is 6.16. The van der Waals surface area contributed by atoms with E-state index in [1.54, 1.807) is 6.07 Å². The quantitative estimate of drug-likeness (QED) is 0.868. The summed E-state index contributed by atoms with van der Waals surface area (Å²) in [6.07, 6.45) is 0.691. The highest BCUT2D eigenvalue weighted by molar-refractivity contribution is 5.85. The number of rotatable bonds is 5. The first kappa shape index (κ1) is 13.3. The zero-order valence-electron chi connectivity index (χ0n) is 10.8. The van der Waals surface area contributed by atoms with Crippen molar-refractivity contribution >= 4 is 22.4 Å². The Bertz CT molecular complexity index is 598. The average molecular weight is 260 g/mol. The van der Waals surface area contributed by atoms with Crippen molar-refractivity contribution in [1.82, 2.24) is 0 Å². The number of nitrogens with two attached hydrogens (primary N) is 1. The highest BCUT2D eigenvalue weighted by Crippen LogP contribution is 2.20. The number of hydrogen-bond acceptors (Lipinski definition) is 2. The fraction of sp³-hybridized carbons (Fsp3) is 0.267. The summed E-state index contributed by atoms with van der Waals surface area (Å²) < 4.78 is 13.0. The smallest absolute Gasteiger partial charge is 0.220 e. The van der Waals surface area contributed by atoms with E-state index in [9.17, 15) is 9.18 Å². The van der Waals surface area contributed by atoms with Crippen molar-refractivity contribution in [2.45, 2.75) is 13.3 Å². The lowest BCUT2D eigenvalue weighted by atomic mass is 10.1. The second-order valence-electron chi connectivity index (χ2n) is 4.73. The standard InChI is InChI=1S/C15H17FN2O/c1-10(15(17)19)6-7-18-14-5-3-11-8-13(16)4-2-12(11)9-14/h2-5,8-10,18H,6-7H2,1H3,(H2,17,19). The predicted octanol–water partition coefficient (Wildman–Crippen LogP) is 2.90. The van der Waals surface area contributed by atoms with E-state index in [4.69, 9.17) is 5.73 Å². The molecular formula is C15H17FN2O. The van der Waals surface area contributed by atoms with E-state index in [0.29, 0.717) is 13.0 Å². The number of nitrogens with one attached hydrogen (secondary N) is 1. The molecule has 2 rings (SSSR count). The number of benzene rings is 2. The lowest BCUT2D eigenvalue weighted by Crippen LogP contribution is -2.22. The molecule has 1 unspecified atom stereocenters. The van der Waals surface area contributed by atoms with Gasteiger partial charge < -0.3 is 11.1 Å². The minimum absolute atomic E-state index is 0.137. The Morgan fingerprint density at radius 1 is 1.26 bits per heavy atom. The number of amides is 1. The number of anilines is 1. The van der Waals surface area contributed by atoms with E-state index >= 15 is 0 Å². The van der Waals surface area contributed by atoms with Crippen LogP contribution in [0.2, 0.25) is 0 Å². The molecule has 0 aliphatic rings. The summed E-state index contributed by atoms with van der Waals surface area (Å²) in [4.78, 5) is 10.9. The topological polar surface area (TPSA) is 55.1 Å². The minimum atomic E-state index is -0.282. The van der Waals surface area contributed by atoms with Crippen molar-refractivity contribution in [1.29, 1.82) is 0 Å². The number of halogens is 1. The van der Waals surface area contributed by atoms with E-state index in [1.165, 1.54) is 12.1 Å². The van der Waals surface area contributed by atoms with E-state index in [0.717, 1.165) is 16.5 Å². The van der Waals surface area contributed by atoms with Gasteiger partial charge in [0.2, 0.25) is 5.91 Å². The van der Waals surface area contributed by atoms with Crippen molar-refractivity contribution in [3.63, 3.8) is 0 Å². The molecule has 1 atom stereocenters. The van der Waals surface area contributed by atoms with Gasteiger partial charge >= 0.3 is 0 Å². The number of carbonyl (C=O) groups excluding carboxylic acids is 1. The Morgan fingerprint density at radius 3 is 2.68 bits per heavy atom.